The van der Waals surface area contributed by atoms with Gasteiger partial charge in [-0.25, -0.2) is 0 Å². The van der Waals surface area contributed by atoms with Crippen LogP contribution in [0.1, 0.15) is 42.9 Å². The number of aryl methyl sites for hydroxylation is 2. The minimum atomic E-state index is -0.532. The van der Waals surface area contributed by atoms with Gasteiger partial charge < -0.3 is 14.8 Å². The Hall–Kier alpha value is -3.27. The molecule has 31 heavy (non-hydrogen) atoms. The summed E-state index contributed by atoms with van der Waals surface area (Å²) in [5, 5.41) is 2.96. The molecule has 3 aromatic carbocycles. The molecule has 1 aliphatic rings. The number of anilines is 1. The first-order valence-corrected chi connectivity index (χ1v) is 11.1. The highest BCUT2D eigenvalue weighted by Gasteiger charge is 2.19. The van der Waals surface area contributed by atoms with Crippen LogP contribution in [-0.2, 0) is 24.2 Å². The molecule has 160 valence electrons. The number of nitrogens with one attached hydrogen (secondary N) is 1. The minimum absolute atomic E-state index is 0.141. The molecule has 1 atom stereocenters. The Morgan fingerprint density at radius 1 is 0.903 bits per heavy atom. The number of hydrogen-bond donors (Lipinski definition) is 1. The van der Waals surface area contributed by atoms with Crippen LogP contribution in [0.15, 0.2) is 72.8 Å². The van der Waals surface area contributed by atoms with E-state index in [1.807, 2.05) is 67.6 Å². The predicted octanol–water partition coefficient (Wildman–Crippen LogP) is 5.94. The molecule has 0 aliphatic heterocycles. The Morgan fingerprint density at radius 3 is 2.35 bits per heavy atom. The van der Waals surface area contributed by atoms with E-state index in [-0.39, 0.29) is 5.91 Å². The van der Waals surface area contributed by atoms with Gasteiger partial charge in [0.15, 0.2) is 6.10 Å². The minimum Gasteiger partial charge on any atom is -0.489 e. The van der Waals surface area contributed by atoms with Gasteiger partial charge in [0.1, 0.15) is 18.1 Å². The number of rotatable bonds is 8. The van der Waals surface area contributed by atoms with Crippen molar-refractivity contribution < 1.29 is 14.3 Å². The van der Waals surface area contributed by atoms with Crippen LogP contribution in [0, 0.1) is 0 Å². The molecule has 0 spiro atoms. The van der Waals surface area contributed by atoms with Crippen molar-refractivity contribution in [1.29, 1.82) is 0 Å². The molecular weight excluding hydrogens is 386 g/mol. The summed E-state index contributed by atoms with van der Waals surface area (Å²) in [5.41, 5.74) is 4.60. The average molecular weight is 416 g/mol. The van der Waals surface area contributed by atoms with Crippen molar-refractivity contribution >= 4 is 11.6 Å². The van der Waals surface area contributed by atoms with E-state index in [4.69, 9.17) is 9.47 Å². The van der Waals surface area contributed by atoms with Gasteiger partial charge in [0.25, 0.3) is 5.91 Å². The van der Waals surface area contributed by atoms with Crippen molar-refractivity contribution in [3.8, 4) is 11.5 Å². The molecule has 1 aliphatic carbocycles. The van der Waals surface area contributed by atoms with Gasteiger partial charge in [0.05, 0.1) is 0 Å². The van der Waals surface area contributed by atoms with Crippen molar-refractivity contribution in [2.45, 2.75) is 51.7 Å². The highest BCUT2D eigenvalue weighted by atomic mass is 16.5. The van der Waals surface area contributed by atoms with E-state index in [2.05, 4.69) is 17.4 Å². The summed E-state index contributed by atoms with van der Waals surface area (Å²) in [4.78, 5) is 12.8. The third-order valence-corrected chi connectivity index (χ3v) is 5.63. The zero-order chi connectivity index (χ0) is 21.5. The van der Waals surface area contributed by atoms with E-state index in [0.717, 1.165) is 35.6 Å². The highest BCUT2D eigenvalue weighted by molar-refractivity contribution is 5.94. The zero-order valence-electron chi connectivity index (χ0n) is 18.0. The van der Waals surface area contributed by atoms with Gasteiger partial charge in [0.2, 0.25) is 0 Å². The Bertz CT molecular complexity index is 999. The Morgan fingerprint density at radius 2 is 1.61 bits per heavy atom. The van der Waals surface area contributed by atoms with Crippen LogP contribution in [-0.4, -0.2) is 12.0 Å². The second-order valence-corrected chi connectivity index (χ2v) is 7.94. The third kappa shape index (κ3) is 5.66. The van der Waals surface area contributed by atoms with E-state index in [1.165, 1.54) is 24.0 Å². The van der Waals surface area contributed by atoms with Crippen LogP contribution < -0.4 is 14.8 Å². The largest absolute Gasteiger partial charge is 0.489 e. The van der Waals surface area contributed by atoms with E-state index in [0.29, 0.717) is 13.0 Å². The molecule has 4 rings (SSSR count). The van der Waals surface area contributed by atoms with Crippen molar-refractivity contribution in [2.75, 3.05) is 5.32 Å². The van der Waals surface area contributed by atoms with E-state index < -0.39 is 6.10 Å². The molecule has 0 radical (unpaired) electrons. The number of ether oxygens (including phenoxy) is 2. The lowest BCUT2D eigenvalue weighted by Gasteiger charge is -2.20. The number of carbonyl (C=O) groups excluding carboxylic acids is 1. The molecule has 0 aromatic heterocycles. The molecule has 1 N–H and O–H groups in total. The lowest BCUT2D eigenvalue weighted by molar-refractivity contribution is -0.122. The molecule has 4 heteroatoms. The van der Waals surface area contributed by atoms with E-state index in [1.54, 1.807) is 0 Å². The van der Waals surface area contributed by atoms with E-state index in [9.17, 15) is 4.79 Å². The van der Waals surface area contributed by atoms with Crippen LogP contribution in [0.2, 0.25) is 0 Å². The molecule has 4 nitrogen and oxygen atoms in total. The molecule has 0 fully saturated rings. The Kier molecular flexibility index (Phi) is 6.88. The fourth-order valence-corrected chi connectivity index (χ4v) is 3.87. The molecule has 0 unspecified atom stereocenters. The van der Waals surface area contributed by atoms with Crippen molar-refractivity contribution in [3.63, 3.8) is 0 Å². The smallest absolute Gasteiger partial charge is 0.265 e. The normalized spacial score (nSPS) is 13.7. The summed E-state index contributed by atoms with van der Waals surface area (Å²) in [6.07, 6.45) is 4.77. The number of amides is 1. The quantitative estimate of drug-likeness (QED) is 0.495. The molecular formula is C27H29NO3. The first kappa shape index (κ1) is 21.0. The number of fused-ring (bicyclic) bond motifs is 1. The van der Waals surface area contributed by atoms with Gasteiger partial charge in [-0.05, 0) is 85.2 Å². The average Bonchev–Trinajstić information content (AvgIpc) is 2.82. The highest BCUT2D eigenvalue weighted by Crippen LogP contribution is 2.26. The van der Waals surface area contributed by atoms with Crippen LogP contribution in [0.25, 0.3) is 0 Å². The maximum Gasteiger partial charge on any atom is 0.265 e. The summed E-state index contributed by atoms with van der Waals surface area (Å²) in [6, 6.07) is 23.7. The van der Waals surface area contributed by atoms with Crippen molar-refractivity contribution in [3.05, 3.63) is 89.5 Å². The summed E-state index contributed by atoms with van der Waals surface area (Å²) in [5.74, 6) is 1.39. The van der Waals surface area contributed by atoms with Crippen LogP contribution in [0.5, 0.6) is 11.5 Å². The monoisotopic (exact) mass is 415 g/mol. The molecule has 0 heterocycles. The first-order chi connectivity index (χ1) is 15.2. The molecule has 1 amide bonds. The maximum atomic E-state index is 12.8. The standard InChI is InChI=1S/C27H29NO3/c1-2-26(31-25-15-12-21-10-6-7-11-22(21)18-25)27(29)28-23-13-16-24(17-14-23)30-19-20-8-4-3-5-9-20/h3-5,8-9,12-18,26H,2,6-7,10-11,19H2,1H3,(H,28,29)/t26-/m0/s1. The van der Waals surface area contributed by atoms with Gasteiger partial charge in [-0.3, -0.25) is 4.79 Å². The summed E-state index contributed by atoms with van der Waals surface area (Å²) < 4.78 is 11.8. The summed E-state index contributed by atoms with van der Waals surface area (Å²) in [7, 11) is 0. The summed E-state index contributed by atoms with van der Waals surface area (Å²) >= 11 is 0. The van der Waals surface area contributed by atoms with Gasteiger partial charge in [-0.15, -0.1) is 0 Å². The molecule has 0 saturated heterocycles. The molecule has 0 bridgehead atoms. The van der Waals surface area contributed by atoms with Crippen molar-refractivity contribution in [1.82, 2.24) is 0 Å². The van der Waals surface area contributed by atoms with Gasteiger partial charge >= 0.3 is 0 Å². The Balaban J connectivity index is 1.33. The second kappa shape index (κ2) is 10.2. The zero-order valence-corrected chi connectivity index (χ0v) is 18.0. The van der Waals surface area contributed by atoms with E-state index >= 15 is 0 Å². The first-order valence-electron chi connectivity index (χ1n) is 11.1. The third-order valence-electron chi connectivity index (χ3n) is 5.63. The lowest BCUT2D eigenvalue weighted by Crippen LogP contribution is -2.32. The fourth-order valence-electron chi connectivity index (χ4n) is 3.87. The van der Waals surface area contributed by atoms with Crippen LogP contribution in [0.4, 0.5) is 5.69 Å². The topological polar surface area (TPSA) is 47.6 Å². The van der Waals surface area contributed by atoms with Crippen LogP contribution in [0.3, 0.4) is 0 Å². The van der Waals surface area contributed by atoms with Crippen LogP contribution >= 0.6 is 0 Å². The Labute approximate surface area is 184 Å². The number of benzene rings is 3. The SMILES string of the molecule is CC[C@H](Oc1ccc2c(c1)CCCC2)C(=O)Nc1ccc(OCc2ccccc2)cc1. The number of carbonyl (C=O) groups is 1. The number of hydrogen-bond acceptors (Lipinski definition) is 3. The molecule has 0 saturated carbocycles. The molecule has 3 aromatic rings. The fraction of sp³-hybridized carbons (Fsp3) is 0.296. The summed E-state index contributed by atoms with van der Waals surface area (Å²) in [6.45, 7) is 2.47. The van der Waals surface area contributed by atoms with Crippen molar-refractivity contribution in [2.24, 2.45) is 0 Å². The van der Waals surface area contributed by atoms with Gasteiger partial charge in [-0.1, -0.05) is 43.3 Å². The van der Waals surface area contributed by atoms with Gasteiger partial charge in [-0.2, -0.15) is 0 Å². The lowest BCUT2D eigenvalue weighted by atomic mass is 9.92. The van der Waals surface area contributed by atoms with Gasteiger partial charge in [0, 0.05) is 5.69 Å². The maximum absolute atomic E-state index is 12.8. The second-order valence-electron chi connectivity index (χ2n) is 7.94. The predicted molar refractivity (Wildman–Crippen MR) is 124 cm³/mol.